The molecule has 3 heterocycles. The van der Waals surface area contributed by atoms with Crippen LogP contribution in [0.2, 0.25) is 0 Å². The molecule has 0 aliphatic carbocycles. The smallest absolute Gasteiger partial charge is 0.322 e. The van der Waals surface area contributed by atoms with E-state index in [0.29, 0.717) is 6.54 Å². The fraction of sp³-hybridized carbons (Fsp3) is 0.304. The lowest BCUT2D eigenvalue weighted by Gasteiger charge is -2.37. The Morgan fingerprint density at radius 3 is 2.54 bits per heavy atom. The maximum absolute atomic E-state index is 13.1. The summed E-state index contributed by atoms with van der Waals surface area (Å²) in [6.45, 7) is 7.98. The van der Waals surface area contributed by atoms with Gasteiger partial charge in [0.25, 0.3) is 0 Å². The molecule has 1 aromatic carbocycles. The van der Waals surface area contributed by atoms with Crippen molar-refractivity contribution in [1.29, 1.82) is 0 Å². The van der Waals surface area contributed by atoms with Crippen LogP contribution in [-0.4, -0.2) is 27.0 Å². The average Bonchev–Trinajstić information content (AvgIpc) is 3.16. The first-order valence-electron chi connectivity index (χ1n) is 9.66. The van der Waals surface area contributed by atoms with Crippen LogP contribution in [-0.2, 0) is 12.0 Å². The normalized spacial score (nSPS) is 16.5. The predicted molar refractivity (Wildman–Crippen MR) is 111 cm³/mol. The van der Waals surface area contributed by atoms with Crippen LogP contribution >= 0.6 is 0 Å². The van der Waals surface area contributed by atoms with Gasteiger partial charge >= 0.3 is 6.03 Å². The van der Waals surface area contributed by atoms with Gasteiger partial charge in [-0.3, -0.25) is 4.98 Å². The van der Waals surface area contributed by atoms with E-state index >= 15 is 0 Å². The van der Waals surface area contributed by atoms with Crippen LogP contribution in [0.15, 0.2) is 67.1 Å². The number of benzene rings is 1. The summed E-state index contributed by atoms with van der Waals surface area (Å²) >= 11 is 0. The van der Waals surface area contributed by atoms with Gasteiger partial charge in [0, 0.05) is 43.1 Å². The number of urea groups is 1. The molecule has 1 aliphatic heterocycles. The van der Waals surface area contributed by atoms with Crippen LogP contribution in [0, 0.1) is 0 Å². The summed E-state index contributed by atoms with van der Waals surface area (Å²) in [6, 6.07) is 15.9. The van der Waals surface area contributed by atoms with Gasteiger partial charge in [0.15, 0.2) is 0 Å². The molecule has 0 spiro atoms. The highest BCUT2D eigenvalue weighted by molar-refractivity contribution is 5.90. The van der Waals surface area contributed by atoms with Crippen molar-refractivity contribution in [2.45, 2.75) is 38.8 Å². The summed E-state index contributed by atoms with van der Waals surface area (Å²) in [7, 11) is 0. The van der Waals surface area contributed by atoms with Crippen LogP contribution in [0.3, 0.4) is 0 Å². The number of carbonyl (C=O) groups excluding carboxylic acids is 1. The first kappa shape index (κ1) is 18.3. The molecule has 0 fully saturated rings. The number of hydrogen-bond donors (Lipinski definition) is 1. The lowest BCUT2D eigenvalue weighted by molar-refractivity contribution is 0.181. The number of hydrogen-bond acceptors (Lipinski definition) is 2. The van der Waals surface area contributed by atoms with Crippen molar-refractivity contribution in [3.8, 4) is 0 Å². The zero-order valence-corrected chi connectivity index (χ0v) is 16.6. The van der Waals surface area contributed by atoms with Crippen LogP contribution < -0.4 is 5.32 Å². The van der Waals surface area contributed by atoms with E-state index in [1.165, 1.54) is 5.56 Å². The van der Waals surface area contributed by atoms with Gasteiger partial charge in [0.05, 0.1) is 0 Å². The van der Waals surface area contributed by atoms with E-state index in [0.717, 1.165) is 23.5 Å². The van der Waals surface area contributed by atoms with Crippen molar-refractivity contribution in [3.05, 3.63) is 83.9 Å². The molecule has 1 N–H and O–H groups in total. The minimum Gasteiger partial charge on any atom is -0.348 e. The number of aromatic nitrogens is 2. The molecule has 5 nitrogen and oxygen atoms in total. The summed E-state index contributed by atoms with van der Waals surface area (Å²) in [6.07, 6.45) is 5.66. The molecule has 4 rings (SSSR count). The van der Waals surface area contributed by atoms with Crippen LogP contribution in [0.4, 0.5) is 10.5 Å². The Bertz CT molecular complexity index is 954. The number of carbonyl (C=O) groups is 1. The molecule has 5 heteroatoms. The van der Waals surface area contributed by atoms with Crippen molar-refractivity contribution in [2.75, 3.05) is 11.9 Å². The Morgan fingerprint density at radius 1 is 1.07 bits per heavy atom. The Morgan fingerprint density at radius 2 is 1.86 bits per heavy atom. The first-order chi connectivity index (χ1) is 13.4. The van der Waals surface area contributed by atoms with E-state index in [-0.39, 0.29) is 17.5 Å². The van der Waals surface area contributed by atoms with Crippen molar-refractivity contribution in [3.63, 3.8) is 0 Å². The van der Waals surface area contributed by atoms with Crippen molar-refractivity contribution >= 4 is 11.7 Å². The van der Waals surface area contributed by atoms with E-state index in [4.69, 9.17) is 0 Å². The molecule has 0 bridgehead atoms. The van der Waals surface area contributed by atoms with E-state index in [1.807, 2.05) is 41.4 Å². The Balaban J connectivity index is 1.59. The van der Waals surface area contributed by atoms with Gasteiger partial charge in [-0.25, -0.2) is 4.79 Å². The lowest BCUT2D eigenvalue weighted by Crippen LogP contribution is -2.44. The summed E-state index contributed by atoms with van der Waals surface area (Å²) in [5.74, 6) is 0. The second-order valence-electron chi connectivity index (χ2n) is 8.27. The van der Waals surface area contributed by atoms with Gasteiger partial charge in [0.2, 0.25) is 0 Å². The molecule has 2 amide bonds. The first-order valence-corrected chi connectivity index (χ1v) is 9.66. The second kappa shape index (κ2) is 7.15. The molecule has 1 aliphatic rings. The van der Waals surface area contributed by atoms with Crippen molar-refractivity contribution in [1.82, 2.24) is 14.5 Å². The summed E-state index contributed by atoms with van der Waals surface area (Å²) in [5.41, 5.74) is 4.27. The van der Waals surface area contributed by atoms with Gasteiger partial charge in [0.1, 0.15) is 6.04 Å². The van der Waals surface area contributed by atoms with E-state index < -0.39 is 0 Å². The second-order valence-corrected chi connectivity index (χ2v) is 8.27. The molecule has 2 aromatic heterocycles. The number of anilines is 1. The average molecular weight is 374 g/mol. The van der Waals surface area contributed by atoms with Gasteiger partial charge in [-0.05, 0) is 46.9 Å². The Hall–Kier alpha value is -3.08. The summed E-state index contributed by atoms with van der Waals surface area (Å²) in [5, 5.41) is 3.07. The maximum atomic E-state index is 13.1. The zero-order valence-electron chi connectivity index (χ0n) is 16.6. The van der Waals surface area contributed by atoms with Crippen LogP contribution in [0.1, 0.15) is 43.6 Å². The van der Waals surface area contributed by atoms with Gasteiger partial charge in [-0.2, -0.15) is 0 Å². The number of nitrogens with zero attached hydrogens (tertiary/aromatic N) is 3. The maximum Gasteiger partial charge on any atom is 0.322 e. The quantitative estimate of drug-likeness (QED) is 0.699. The molecule has 0 saturated heterocycles. The van der Waals surface area contributed by atoms with Gasteiger partial charge in [-0.15, -0.1) is 0 Å². The number of pyridine rings is 1. The fourth-order valence-electron chi connectivity index (χ4n) is 3.74. The standard InChI is InChI=1S/C23H26N4O/c1-23(2,3)18-8-10-19(11-9-18)25-22(28)27-15-14-26-13-5-7-20(26)21(27)17-6-4-12-24-16-17/h4-13,16,21H,14-15H2,1-3H3,(H,25,28). The van der Waals surface area contributed by atoms with E-state index in [1.54, 1.807) is 6.20 Å². The van der Waals surface area contributed by atoms with E-state index in [9.17, 15) is 4.79 Å². The van der Waals surface area contributed by atoms with Crippen LogP contribution in [0.25, 0.3) is 0 Å². The summed E-state index contributed by atoms with van der Waals surface area (Å²) in [4.78, 5) is 19.3. The third kappa shape index (κ3) is 3.52. The van der Waals surface area contributed by atoms with Crippen molar-refractivity contribution < 1.29 is 4.79 Å². The van der Waals surface area contributed by atoms with Crippen molar-refractivity contribution in [2.24, 2.45) is 0 Å². The Labute approximate surface area is 166 Å². The SMILES string of the molecule is CC(C)(C)c1ccc(NC(=O)N2CCn3cccc3C2c2cccnc2)cc1. The highest BCUT2D eigenvalue weighted by Gasteiger charge is 2.32. The molecular formula is C23H26N4O. The highest BCUT2D eigenvalue weighted by atomic mass is 16.2. The molecule has 1 unspecified atom stereocenters. The highest BCUT2D eigenvalue weighted by Crippen LogP contribution is 2.32. The van der Waals surface area contributed by atoms with Gasteiger partial charge in [-0.1, -0.05) is 39.0 Å². The van der Waals surface area contributed by atoms with Crippen LogP contribution in [0.5, 0.6) is 0 Å². The minimum atomic E-state index is -0.147. The fourth-order valence-corrected chi connectivity index (χ4v) is 3.74. The summed E-state index contributed by atoms with van der Waals surface area (Å²) < 4.78 is 2.21. The monoisotopic (exact) mass is 374 g/mol. The molecule has 3 aromatic rings. The number of rotatable bonds is 2. The predicted octanol–water partition coefficient (Wildman–Crippen LogP) is 4.82. The number of nitrogens with one attached hydrogen (secondary N) is 1. The third-order valence-electron chi connectivity index (χ3n) is 5.30. The van der Waals surface area contributed by atoms with Gasteiger partial charge < -0.3 is 14.8 Å². The topological polar surface area (TPSA) is 50.2 Å². The molecule has 1 atom stereocenters. The largest absolute Gasteiger partial charge is 0.348 e. The molecule has 0 saturated carbocycles. The number of amides is 2. The zero-order chi connectivity index (χ0) is 19.7. The lowest BCUT2D eigenvalue weighted by atomic mass is 9.87. The molecule has 0 radical (unpaired) electrons. The third-order valence-corrected chi connectivity index (χ3v) is 5.30. The molecular weight excluding hydrogens is 348 g/mol. The molecule has 144 valence electrons. The Kier molecular flexibility index (Phi) is 4.67. The minimum absolute atomic E-state index is 0.0895. The van der Waals surface area contributed by atoms with E-state index in [2.05, 4.69) is 60.0 Å². The molecule has 28 heavy (non-hydrogen) atoms. The number of fused-ring (bicyclic) bond motifs is 1.